The van der Waals surface area contributed by atoms with Crippen LogP contribution in [0.5, 0.6) is 0 Å². The van der Waals surface area contributed by atoms with Crippen LogP contribution in [0.1, 0.15) is 49.4 Å². The van der Waals surface area contributed by atoms with E-state index in [1.165, 1.54) is 12.5 Å². The van der Waals surface area contributed by atoms with Gasteiger partial charge in [0.2, 0.25) is 15.9 Å². The van der Waals surface area contributed by atoms with Gasteiger partial charge in [0, 0.05) is 29.2 Å². The summed E-state index contributed by atoms with van der Waals surface area (Å²) < 4.78 is 29.9. The summed E-state index contributed by atoms with van der Waals surface area (Å²) in [6, 6.07) is 11.2. The number of aryl methyl sites for hydroxylation is 1. The van der Waals surface area contributed by atoms with Gasteiger partial charge in [0.05, 0.1) is 4.90 Å². The van der Waals surface area contributed by atoms with Gasteiger partial charge in [-0.05, 0) is 77.4 Å². The Labute approximate surface area is 174 Å². The molecule has 5 nitrogen and oxygen atoms in total. The number of amides is 1. The lowest BCUT2D eigenvalue weighted by atomic mass is 9.88. The van der Waals surface area contributed by atoms with Gasteiger partial charge < -0.3 is 4.90 Å². The van der Waals surface area contributed by atoms with Gasteiger partial charge in [-0.15, -0.1) is 0 Å². The molecule has 148 valence electrons. The summed E-state index contributed by atoms with van der Waals surface area (Å²) in [5, 5.41) is 0. The fourth-order valence-corrected chi connectivity index (χ4v) is 6.79. The average Bonchev–Trinajstić information content (AvgIpc) is 2.95. The number of rotatable bonds is 3. The van der Waals surface area contributed by atoms with E-state index in [0.717, 1.165) is 36.8 Å². The zero-order valence-corrected chi connectivity index (χ0v) is 18.3. The first-order valence-corrected chi connectivity index (χ1v) is 11.8. The van der Waals surface area contributed by atoms with Crippen LogP contribution in [-0.4, -0.2) is 20.4 Å². The topological polar surface area (TPSA) is 66.5 Å². The van der Waals surface area contributed by atoms with Gasteiger partial charge in [-0.3, -0.25) is 4.79 Å². The van der Waals surface area contributed by atoms with Crippen molar-refractivity contribution in [2.24, 2.45) is 0 Å². The molecule has 1 amide bonds. The molecule has 4 rings (SSSR count). The van der Waals surface area contributed by atoms with Crippen LogP contribution in [0.4, 0.5) is 5.69 Å². The standard InChI is InChI=1S/C21H23BrN2O3S/c1-13-10-16-11-18(22)21(12-20(16)24(13)14(2)25)28(26,27)23-19-9-5-7-15-6-3-4-8-17(15)19/h3-4,6,8,11-13,19,23H,5,7,9-10H2,1-2H3/t13-,19-/m1/s1. The third kappa shape index (κ3) is 3.40. The lowest BCUT2D eigenvalue weighted by Crippen LogP contribution is -2.34. The molecular weight excluding hydrogens is 440 g/mol. The number of carbonyl (C=O) groups excluding carboxylic acids is 1. The number of halogens is 1. The fourth-order valence-electron chi connectivity index (χ4n) is 4.43. The second kappa shape index (κ2) is 7.28. The molecule has 1 heterocycles. The summed E-state index contributed by atoms with van der Waals surface area (Å²) in [7, 11) is -3.76. The molecule has 1 aliphatic carbocycles. The Morgan fingerprint density at radius 2 is 1.96 bits per heavy atom. The molecule has 2 aromatic carbocycles. The van der Waals surface area contributed by atoms with Crippen molar-refractivity contribution in [3.8, 4) is 0 Å². The highest BCUT2D eigenvalue weighted by Crippen LogP contribution is 2.39. The molecule has 2 atom stereocenters. The summed E-state index contributed by atoms with van der Waals surface area (Å²) in [6.45, 7) is 3.49. The van der Waals surface area contributed by atoms with Crippen molar-refractivity contribution in [3.05, 3.63) is 57.6 Å². The van der Waals surface area contributed by atoms with Crippen molar-refractivity contribution in [1.29, 1.82) is 0 Å². The Hall–Kier alpha value is -1.70. The Balaban J connectivity index is 1.71. The summed E-state index contributed by atoms with van der Waals surface area (Å²) in [6.07, 6.45) is 3.42. The van der Waals surface area contributed by atoms with Crippen LogP contribution in [0.2, 0.25) is 0 Å². The summed E-state index contributed by atoms with van der Waals surface area (Å²) in [5.74, 6) is -0.0777. The van der Waals surface area contributed by atoms with E-state index in [0.29, 0.717) is 10.2 Å². The monoisotopic (exact) mass is 462 g/mol. The average molecular weight is 463 g/mol. The van der Waals surface area contributed by atoms with Crippen LogP contribution in [0.15, 0.2) is 45.8 Å². The smallest absolute Gasteiger partial charge is 0.242 e. The number of nitrogens with one attached hydrogen (secondary N) is 1. The van der Waals surface area contributed by atoms with Gasteiger partial charge >= 0.3 is 0 Å². The number of sulfonamides is 1. The van der Waals surface area contributed by atoms with Gasteiger partial charge in [0.25, 0.3) is 0 Å². The van der Waals surface area contributed by atoms with E-state index in [1.807, 2.05) is 31.2 Å². The van der Waals surface area contributed by atoms with E-state index in [4.69, 9.17) is 0 Å². The molecule has 0 fully saturated rings. The summed E-state index contributed by atoms with van der Waals surface area (Å²) >= 11 is 3.44. The van der Waals surface area contributed by atoms with E-state index in [9.17, 15) is 13.2 Å². The fraction of sp³-hybridized carbons (Fsp3) is 0.381. The maximum absolute atomic E-state index is 13.2. The number of hydrogen-bond acceptors (Lipinski definition) is 3. The van der Waals surface area contributed by atoms with Crippen LogP contribution in [0, 0.1) is 0 Å². The lowest BCUT2D eigenvalue weighted by molar-refractivity contribution is -0.116. The maximum atomic E-state index is 13.2. The molecule has 0 saturated carbocycles. The minimum Gasteiger partial charge on any atom is -0.309 e. The number of carbonyl (C=O) groups is 1. The van der Waals surface area contributed by atoms with Gasteiger partial charge in [-0.1, -0.05) is 24.3 Å². The Morgan fingerprint density at radius 1 is 1.21 bits per heavy atom. The molecular formula is C21H23BrN2O3S. The molecule has 0 radical (unpaired) electrons. The molecule has 0 bridgehead atoms. The van der Waals surface area contributed by atoms with Crippen molar-refractivity contribution in [2.45, 2.75) is 56.5 Å². The first-order valence-electron chi connectivity index (χ1n) is 9.50. The third-order valence-corrected chi connectivity index (χ3v) is 8.07. The van der Waals surface area contributed by atoms with E-state index < -0.39 is 10.0 Å². The molecule has 1 N–H and O–H groups in total. The van der Waals surface area contributed by atoms with Crippen LogP contribution in [-0.2, 0) is 27.7 Å². The minimum atomic E-state index is -3.76. The first-order chi connectivity index (χ1) is 13.3. The Morgan fingerprint density at radius 3 is 2.71 bits per heavy atom. The molecule has 0 spiro atoms. The zero-order chi connectivity index (χ0) is 20.1. The molecule has 2 aliphatic rings. The highest BCUT2D eigenvalue weighted by Gasteiger charge is 2.33. The van der Waals surface area contributed by atoms with Crippen LogP contribution in [0.3, 0.4) is 0 Å². The number of fused-ring (bicyclic) bond motifs is 2. The van der Waals surface area contributed by atoms with Crippen molar-refractivity contribution in [3.63, 3.8) is 0 Å². The molecule has 7 heteroatoms. The molecule has 0 unspecified atom stereocenters. The number of anilines is 1. The van der Waals surface area contributed by atoms with E-state index in [-0.39, 0.29) is 22.9 Å². The lowest BCUT2D eigenvalue weighted by Gasteiger charge is -2.26. The summed E-state index contributed by atoms with van der Waals surface area (Å²) in [5.41, 5.74) is 3.92. The predicted molar refractivity (Wildman–Crippen MR) is 113 cm³/mol. The minimum absolute atomic E-state index is 0.0236. The number of nitrogens with zero attached hydrogens (tertiary/aromatic N) is 1. The Bertz CT molecular complexity index is 1050. The quantitative estimate of drug-likeness (QED) is 0.746. The van der Waals surface area contributed by atoms with Crippen LogP contribution < -0.4 is 9.62 Å². The van der Waals surface area contributed by atoms with Crippen molar-refractivity contribution < 1.29 is 13.2 Å². The molecule has 28 heavy (non-hydrogen) atoms. The van der Waals surface area contributed by atoms with Crippen LogP contribution in [0.25, 0.3) is 0 Å². The van der Waals surface area contributed by atoms with Crippen molar-refractivity contribution in [2.75, 3.05) is 4.90 Å². The van der Waals surface area contributed by atoms with Crippen molar-refractivity contribution in [1.82, 2.24) is 4.72 Å². The molecule has 2 aromatic rings. The second-order valence-electron chi connectivity index (χ2n) is 7.62. The van der Waals surface area contributed by atoms with Gasteiger partial charge in [-0.2, -0.15) is 0 Å². The third-order valence-electron chi connectivity index (χ3n) is 5.64. The van der Waals surface area contributed by atoms with E-state index >= 15 is 0 Å². The molecule has 0 aromatic heterocycles. The van der Waals surface area contributed by atoms with Crippen LogP contribution >= 0.6 is 15.9 Å². The van der Waals surface area contributed by atoms with Crippen molar-refractivity contribution >= 4 is 37.5 Å². The molecule has 0 saturated heterocycles. The Kier molecular flexibility index (Phi) is 5.10. The normalized spacial score (nSPS) is 21.3. The highest BCUT2D eigenvalue weighted by molar-refractivity contribution is 9.10. The number of benzene rings is 2. The highest BCUT2D eigenvalue weighted by atomic mass is 79.9. The predicted octanol–water partition coefficient (Wildman–Crippen LogP) is 4.10. The van der Waals surface area contributed by atoms with Gasteiger partial charge in [-0.25, -0.2) is 13.1 Å². The molecule has 1 aliphatic heterocycles. The second-order valence-corrected chi connectivity index (χ2v) is 10.2. The van der Waals surface area contributed by atoms with E-state index in [1.54, 1.807) is 11.0 Å². The first kappa shape index (κ1) is 19.6. The number of hydrogen-bond donors (Lipinski definition) is 1. The largest absolute Gasteiger partial charge is 0.309 e. The van der Waals surface area contributed by atoms with Gasteiger partial charge in [0.15, 0.2) is 0 Å². The zero-order valence-electron chi connectivity index (χ0n) is 15.9. The van der Waals surface area contributed by atoms with Gasteiger partial charge in [0.1, 0.15) is 0 Å². The SMILES string of the molecule is CC(=O)N1c2cc(S(=O)(=O)N[C@@H]3CCCc4ccccc43)c(Br)cc2C[C@H]1C. The summed E-state index contributed by atoms with van der Waals surface area (Å²) in [4.78, 5) is 13.9. The van der Waals surface area contributed by atoms with E-state index in [2.05, 4.69) is 26.7 Å². The maximum Gasteiger partial charge on any atom is 0.242 e.